The van der Waals surface area contributed by atoms with Crippen molar-refractivity contribution in [3.63, 3.8) is 0 Å². The predicted octanol–water partition coefficient (Wildman–Crippen LogP) is 2.53. The molecular weight excluding hydrogens is 433 g/mol. The van der Waals surface area contributed by atoms with E-state index < -0.39 is 0 Å². The Balaban J connectivity index is 1.48. The molecule has 0 aliphatic carbocycles. The van der Waals surface area contributed by atoms with E-state index in [1.807, 2.05) is 19.9 Å². The Morgan fingerprint density at radius 2 is 2.13 bits per heavy atom. The van der Waals surface area contributed by atoms with Gasteiger partial charge in [-0.25, -0.2) is 15.0 Å². The fraction of sp³-hybridized carbons (Fsp3) is 0.300. The van der Waals surface area contributed by atoms with Crippen molar-refractivity contribution in [2.45, 2.75) is 26.3 Å². The van der Waals surface area contributed by atoms with Gasteiger partial charge in [-0.15, -0.1) is 0 Å². The third kappa shape index (κ3) is 4.98. The lowest BCUT2D eigenvalue weighted by atomic mass is 9.94. The van der Waals surface area contributed by atoms with Crippen LogP contribution in [0, 0.1) is 13.8 Å². The highest BCUT2D eigenvalue weighted by Gasteiger charge is 2.21. The van der Waals surface area contributed by atoms with Crippen LogP contribution in [0.25, 0.3) is 0 Å². The number of aromatic nitrogens is 3. The maximum atomic E-state index is 12.7. The molecule has 8 nitrogen and oxygen atoms in total. The molecular formula is C20H21BClN7OS. The summed E-state index contributed by atoms with van der Waals surface area (Å²) in [4.78, 5) is 28.5. The molecule has 3 aromatic rings. The average molecular weight is 454 g/mol. The topological polar surface area (TPSA) is 109 Å². The van der Waals surface area contributed by atoms with E-state index in [0.29, 0.717) is 37.8 Å². The molecule has 1 aliphatic heterocycles. The minimum Gasteiger partial charge on any atom is -0.355 e. The van der Waals surface area contributed by atoms with Gasteiger partial charge in [0.15, 0.2) is 5.13 Å². The van der Waals surface area contributed by atoms with Gasteiger partial charge >= 0.3 is 0 Å². The number of benzene rings is 1. The number of nitrogens with one attached hydrogen (secondary N) is 2. The maximum Gasteiger partial charge on any atom is 0.267 e. The molecule has 11 heteroatoms. The summed E-state index contributed by atoms with van der Waals surface area (Å²) in [6.45, 7) is 5.31. The summed E-state index contributed by atoms with van der Waals surface area (Å²) >= 11 is 7.44. The molecule has 1 aromatic carbocycles. The van der Waals surface area contributed by atoms with E-state index in [-0.39, 0.29) is 11.9 Å². The predicted molar refractivity (Wildman–Crippen MR) is 127 cm³/mol. The molecule has 1 atom stereocenters. The minimum atomic E-state index is -0.300. The Hall–Kier alpha value is -2.69. The van der Waals surface area contributed by atoms with E-state index in [0.717, 1.165) is 30.9 Å². The number of nitrogens with zero attached hydrogens (tertiary/aromatic N) is 4. The van der Waals surface area contributed by atoms with Crippen LogP contribution in [0.15, 0.2) is 24.4 Å². The second kappa shape index (κ2) is 8.82. The molecule has 2 aromatic heterocycles. The number of rotatable bonds is 5. The summed E-state index contributed by atoms with van der Waals surface area (Å²) in [6.07, 6.45) is 2.45. The fourth-order valence-electron chi connectivity index (χ4n) is 3.42. The van der Waals surface area contributed by atoms with Crippen molar-refractivity contribution < 1.29 is 4.79 Å². The number of amides is 1. The molecule has 0 bridgehead atoms. The molecule has 1 saturated heterocycles. The number of nitrogens with two attached hydrogens (primary N) is 1. The molecule has 0 spiro atoms. The monoisotopic (exact) mass is 453 g/mol. The van der Waals surface area contributed by atoms with Crippen molar-refractivity contribution >= 4 is 64.6 Å². The molecule has 1 aliphatic rings. The molecule has 4 N–H and O–H groups in total. The highest BCUT2D eigenvalue weighted by atomic mass is 35.5. The van der Waals surface area contributed by atoms with Gasteiger partial charge in [0.1, 0.15) is 30.2 Å². The van der Waals surface area contributed by atoms with E-state index >= 15 is 0 Å². The lowest BCUT2D eigenvalue weighted by Gasteiger charge is -2.18. The van der Waals surface area contributed by atoms with Gasteiger partial charge in [0.05, 0.1) is 16.9 Å². The molecule has 158 valence electrons. The zero-order chi connectivity index (χ0) is 22.1. The highest BCUT2D eigenvalue weighted by Crippen LogP contribution is 2.28. The molecule has 1 unspecified atom stereocenters. The van der Waals surface area contributed by atoms with Crippen molar-refractivity contribution in [1.82, 2.24) is 15.0 Å². The normalized spacial score (nSPS) is 15.9. The fourth-order valence-corrected chi connectivity index (χ4v) is 4.46. The summed E-state index contributed by atoms with van der Waals surface area (Å²) in [5.41, 5.74) is 7.87. The quantitative estimate of drug-likeness (QED) is 0.509. The van der Waals surface area contributed by atoms with Crippen LogP contribution in [-0.2, 0) is 0 Å². The second-order valence-corrected chi connectivity index (χ2v) is 8.89. The number of anilines is 4. The summed E-state index contributed by atoms with van der Waals surface area (Å²) in [5, 5.41) is 6.93. The number of halogens is 1. The van der Waals surface area contributed by atoms with Gasteiger partial charge < -0.3 is 21.3 Å². The Kier molecular flexibility index (Phi) is 6.13. The zero-order valence-electron chi connectivity index (χ0n) is 17.1. The van der Waals surface area contributed by atoms with Gasteiger partial charge in [0.25, 0.3) is 5.91 Å². The van der Waals surface area contributed by atoms with E-state index in [9.17, 15) is 4.79 Å². The number of hydrogen-bond donors (Lipinski definition) is 3. The van der Waals surface area contributed by atoms with Crippen LogP contribution in [0.2, 0.25) is 5.02 Å². The van der Waals surface area contributed by atoms with Gasteiger partial charge in [-0.05, 0) is 31.9 Å². The first-order chi connectivity index (χ1) is 14.8. The SMILES string of the molecule is [B]c1cc(C)c(NC(=O)c2cnc(Nc3cc(N4CCC(N)C4)nc(C)n3)s2)c(Cl)c1. The summed E-state index contributed by atoms with van der Waals surface area (Å²) < 4.78 is 0. The molecule has 31 heavy (non-hydrogen) atoms. The number of aryl methyl sites for hydroxylation is 2. The number of carbonyl (C=O) groups excluding carboxylic acids is 1. The van der Waals surface area contributed by atoms with Crippen LogP contribution in [0.3, 0.4) is 0 Å². The standard InChI is InChI=1S/C20H21BClN7OS/c1-10-5-12(21)6-14(22)18(10)28-19(30)15-8-24-20(31-15)27-16-7-17(26-11(2)25-16)29-4-3-13(23)9-29/h5-8,13H,3-4,9,23H2,1-2H3,(H,28,30)(H,24,25,26,27). The van der Waals surface area contributed by atoms with E-state index in [1.54, 1.807) is 12.1 Å². The average Bonchev–Trinajstić information content (AvgIpc) is 3.33. The first-order valence-corrected chi connectivity index (χ1v) is 10.9. The maximum absolute atomic E-state index is 12.7. The van der Waals surface area contributed by atoms with Crippen LogP contribution in [-0.4, -0.2) is 47.8 Å². The smallest absolute Gasteiger partial charge is 0.267 e. The third-order valence-corrected chi connectivity index (χ3v) is 6.10. The summed E-state index contributed by atoms with van der Waals surface area (Å²) in [7, 11) is 5.78. The van der Waals surface area contributed by atoms with Crippen LogP contribution in [0.1, 0.15) is 27.5 Å². The molecule has 0 saturated carbocycles. The molecule has 3 heterocycles. The van der Waals surface area contributed by atoms with Crippen molar-refractivity contribution in [3.8, 4) is 0 Å². The third-order valence-electron chi connectivity index (χ3n) is 4.89. The number of carbonyl (C=O) groups is 1. The second-order valence-electron chi connectivity index (χ2n) is 7.46. The Morgan fingerprint density at radius 3 is 2.84 bits per heavy atom. The molecule has 2 radical (unpaired) electrons. The first-order valence-electron chi connectivity index (χ1n) is 9.74. The molecule has 1 fully saturated rings. The minimum absolute atomic E-state index is 0.157. The highest BCUT2D eigenvalue weighted by molar-refractivity contribution is 7.17. The number of hydrogen-bond acceptors (Lipinski definition) is 8. The van der Waals surface area contributed by atoms with Gasteiger partial charge in [-0.2, -0.15) is 0 Å². The Labute approximate surface area is 190 Å². The lowest BCUT2D eigenvalue weighted by Crippen LogP contribution is -2.27. The first kappa shape index (κ1) is 21.5. The largest absolute Gasteiger partial charge is 0.355 e. The van der Waals surface area contributed by atoms with E-state index in [2.05, 4.69) is 30.5 Å². The van der Waals surface area contributed by atoms with Crippen LogP contribution < -0.4 is 26.7 Å². The van der Waals surface area contributed by atoms with Crippen molar-refractivity contribution in [2.75, 3.05) is 28.6 Å². The Bertz CT molecular complexity index is 1120. The van der Waals surface area contributed by atoms with E-state index in [4.69, 9.17) is 25.2 Å². The molecule has 4 rings (SSSR count). The van der Waals surface area contributed by atoms with Gasteiger partial charge in [0, 0.05) is 25.2 Å². The van der Waals surface area contributed by atoms with Crippen LogP contribution >= 0.6 is 22.9 Å². The lowest BCUT2D eigenvalue weighted by molar-refractivity contribution is 0.103. The zero-order valence-corrected chi connectivity index (χ0v) is 18.7. The van der Waals surface area contributed by atoms with Crippen molar-refractivity contribution in [2.24, 2.45) is 5.73 Å². The van der Waals surface area contributed by atoms with Gasteiger partial charge in [-0.1, -0.05) is 34.5 Å². The van der Waals surface area contributed by atoms with Crippen LogP contribution in [0.5, 0.6) is 0 Å². The summed E-state index contributed by atoms with van der Waals surface area (Å²) in [6, 6.07) is 5.38. The van der Waals surface area contributed by atoms with Gasteiger partial charge in [-0.3, -0.25) is 4.79 Å². The molecule has 1 amide bonds. The summed E-state index contributed by atoms with van der Waals surface area (Å²) in [5.74, 6) is 1.78. The van der Waals surface area contributed by atoms with Gasteiger partial charge in [0.2, 0.25) is 0 Å². The van der Waals surface area contributed by atoms with Crippen LogP contribution in [0.4, 0.5) is 22.5 Å². The Morgan fingerprint density at radius 1 is 1.32 bits per heavy atom. The van der Waals surface area contributed by atoms with Crippen molar-refractivity contribution in [1.29, 1.82) is 0 Å². The number of thiazole rings is 1. The van der Waals surface area contributed by atoms with Crippen molar-refractivity contribution in [3.05, 3.63) is 45.7 Å². The van der Waals surface area contributed by atoms with E-state index in [1.165, 1.54) is 17.5 Å².